The van der Waals surface area contributed by atoms with Crippen LogP contribution in [-0.2, 0) is 4.74 Å². The van der Waals surface area contributed by atoms with E-state index in [0.717, 1.165) is 22.6 Å². The molecule has 4 heteroatoms. The summed E-state index contributed by atoms with van der Waals surface area (Å²) in [7, 11) is 0. The molecular formula is C12H13BrO3. The molecule has 0 aromatic heterocycles. The van der Waals surface area contributed by atoms with Gasteiger partial charge in [-0.15, -0.1) is 0 Å². The molecule has 1 aromatic rings. The Kier molecular flexibility index (Phi) is 3.85. The summed E-state index contributed by atoms with van der Waals surface area (Å²) in [6.45, 7) is 5.45. The third-order valence-corrected chi connectivity index (χ3v) is 2.58. The van der Waals surface area contributed by atoms with Crippen molar-refractivity contribution in [3.63, 3.8) is 0 Å². The van der Waals surface area contributed by atoms with E-state index in [9.17, 15) is 0 Å². The van der Waals surface area contributed by atoms with E-state index in [1.54, 1.807) is 6.08 Å². The largest absolute Gasteiger partial charge is 0.487 e. The van der Waals surface area contributed by atoms with Gasteiger partial charge in [0.05, 0.1) is 6.61 Å². The zero-order valence-electron chi connectivity index (χ0n) is 8.82. The monoisotopic (exact) mass is 284 g/mol. The summed E-state index contributed by atoms with van der Waals surface area (Å²) >= 11 is 3.39. The fourth-order valence-corrected chi connectivity index (χ4v) is 1.55. The van der Waals surface area contributed by atoms with Gasteiger partial charge in [-0.2, -0.15) is 0 Å². The lowest BCUT2D eigenvalue weighted by molar-refractivity contribution is 0.248. The van der Waals surface area contributed by atoms with Gasteiger partial charge in [-0.3, -0.25) is 0 Å². The average molecular weight is 285 g/mol. The van der Waals surface area contributed by atoms with Crippen LogP contribution in [0.15, 0.2) is 35.3 Å². The number of hydrogen-bond donors (Lipinski definition) is 0. The molecule has 0 amide bonds. The van der Waals surface area contributed by atoms with Crippen LogP contribution in [0.4, 0.5) is 0 Å². The minimum atomic E-state index is 0.246. The molecule has 0 saturated carbocycles. The number of rotatable bonds is 6. The first-order valence-corrected chi connectivity index (χ1v) is 5.86. The minimum absolute atomic E-state index is 0.246. The van der Waals surface area contributed by atoms with Crippen LogP contribution in [-0.4, -0.2) is 25.9 Å². The Morgan fingerprint density at radius 3 is 2.94 bits per heavy atom. The lowest BCUT2D eigenvalue weighted by Crippen LogP contribution is -2.05. The van der Waals surface area contributed by atoms with E-state index in [1.165, 1.54) is 0 Å². The molecule has 1 aliphatic rings. The van der Waals surface area contributed by atoms with Gasteiger partial charge in [-0.25, -0.2) is 0 Å². The molecule has 0 radical (unpaired) electrons. The van der Waals surface area contributed by atoms with Crippen LogP contribution in [0.1, 0.15) is 0 Å². The molecule has 1 unspecified atom stereocenters. The van der Waals surface area contributed by atoms with Crippen molar-refractivity contribution < 1.29 is 14.2 Å². The number of halogens is 1. The number of ether oxygens (including phenoxy) is 3. The highest BCUT2D eigenvalue weighted by Crippen LogP contribution is 2.31. The normalized spacial score (nSPS) is 17.9. The molecule has 0 aliphatic carbocycles. The SMILES string of the molecule is C=CCOc1cc(Br)ccc1OCC1CO1. The molecule has 1 fully saturated rings. The molecule has 2 rings (SSSR count). The predicted molar refractivity (Wildman–Crippen MR) is 65.1 cm³/mol. The molecule has 86 valence electrons. The van der Waals surface area contributed by atoms with Crippen molar-refractivity contribution in [3.8, 4) is 11.5 Å². The molecule has 3 nitrogen and oxygen atoms in total. The maximum Gasteiger partial charge on any atom is 0.162 e. The van der Waals surface area contributed by atoms with E-state index in [2.05, 4.69) is 22.5 Å². The van der Waals surface area contributed by atoms with E-state index >= 15 is 0 Å². The second kappa shape index (κ2) is 5.37. The van der Waals surface area contributed by atoms with Crippen molar-refractivity contribution in [1.29, 1.82) is 0 Å². The Hall–Kier alpha value is -1.00. The third kappa shape index (κ3) is 3.25. The molecule has 1 heterocycles. The van der Waals surface area contributed by atoms with Crippen LogP contribution in [0, 0.1) is 0 Å². The predicted octanol–water partition coefficient (Wildman–Crippen LogP) is 2.79. The van der Waals surface area contributed by atoms with Gasteiger partial charge in [0.1, 0.15) is 19.3 Å². The molecular weight excluding hydrogens is 272 g/mol. The Bertz CT molecular complexity index is 375. The fraction of sp³-hybridized carbons (Fsp3) is 0.333. The summed E-state index contributed by atoms with van der Waals surface area (Å²) in [5.74, 6) is 1.45. The van der Waals surface area contributed by atoms with Gasteiger partial charge in [0.15, 0.2) is 11.5 Å². The highest BCUT2D eigenvalue weighted by Gasteiger charge is 2.23. The van der Waals surface area contributed by atoms with Crippen LogP contribution in [0.2, 0.25) is 0 Å². The Morgan fingerprint density at radius 2 is 2.25 bits per heavy atom. The van der Waals surface area contributed by atoms with E-state index in [4.69, 9.17) is 14.2 Å². The topological polar surface area (TPSA) is 31.0 Å². The van der Waals surface area contributed by atoms with Crippen molar-refractivity contribution >= 4 is 15.9 Å². The zero-order chi connectivity index (χ0) is 11.4. The Balaban J connectivity index is 2.03. The summed E-state index contributed by atoms with van der Waals surface area (Å²) in [6.07, 6.45) is 1.95. The number of hydrogen-bond acceptors (Lipinski definition) is 3. The highest BCUT2D eigenvalue weighted by atomic mass is 79.9. The van der Waals surface area contributed by atoms with E-state index in [0.29, 0.717) is 13.2 Å². The fourth-order valence-electron chi connectivity index (χ4n) is 1.21. The summed E-state index contributed by atoms with van der Waals surface area (Å²) in [5, 5.41) is 0. The average Bonchev–Trinajstić information content (AvgIpc) is 3.09. The maximum atomic E-state index is 5.61. The summed E-state index contributed by atoms with van der Waals surface area (Å²) in [5.41, 5.74) is 0. The van der Waals surface area contributed by atoms with Crippen molar-refractivity contribution in [2.24, 2.45) is 0 Å². The van der Waals surface area contributed by atoms with Gasteiger partial charge in [0.2, 0.25) is 0 Å². The van der Waals surface area contributed by atoms with Gasteiger partial charge in [-0.05, 0) is 18.2 Å². The van der Waals surface area contributed by atoms with Crippen molar-refractivity contribution in [1.82, 2.24) is 0 Å². The van der Waals surface area contributed by atoms with Crippen LogP contribution < -0.4 is 9.47 Å². The van der Waals surface area contributed by atoms with Crippen LogP contribution >= 0.6 is 15.9 Å². The smallest absolute Gasteiger partial charge is 0.162 e. The zero-order valence-corrected chi connectivity index (χ0v) is 10.4. The van der Waals surface area contributed by atoms with Gasteiger partial charge in [0, 0.05) is 4.47 Å². The Labute approximate surface area is 103 Å². The second-order valence-corrected chi connectivity index (χ2v) is 4.37. The first kappa shape index (κ1) is 11.5. The van der Waals surface area contributed by atoms with Crippen molar-refractivity contribution in [2.45, 2.75) is 6.10 Å². The quantitative estimate of drug-likeness (QED) is 0.595. The number of benzene rings is 1. The van der Waals surface area contributed by atoms with Gasteiger partial charge < -0.3 is 14.2 Å². The van der Waals surface area contributed by atoms with Gasteiger partial charge in [0.25, 0.3) is 0 Å². The highest BCUT2D eigenvalue weighted by molar-refractivity contribution is 9.10. The van der Waals surface area contributed by atoms with Crippen LogP contribution in [0.5, 0.6) is 11.5 Å². The molecule has 16 heavy (non-hydrogen) atoms. The molecule has 0 N–H and O–H groups in total. The molecule has 1 aromatic carbocycles. The number of epoxide rings is 1. The van der Waals surface area contributed by atoms with Gasteiger partial charge >= 0.3 is 0 Å². The molecule has 0 spiro atoms. The van der Waals surface area contributed by atoms with E-state index in [-0.39, 0.29) is 6.10 Å². The molecule has 1 saturated heterocycles. The lowest BCUT2D eigenvalue weighted by atomic mass is 10.3. The Morgan fingerprint density at radius 1 is 1.44 bits per heavy atom. The van der Waals surface area contributed by atoms with Gasteiger partial charge in [-0.1, -0.05) is 28.6 Å². The third-order valence-electron chi connectivity index (χ3n) is 2.09. The molecule has 1 aliphatic heterocycles. The standard InChI is InChI=1S/C12H13BrO3/c1-2-5-14-12-6-9(13)3-4-11(12)16-8-10-7-15-10/h2-4,6,10H,1,5,7-8H2. The lowest BCUT2D eigenvalue weighted by Gasteiger charge is -2.11. The summed E-state index contributed by atoms with van der Waals surface area (Å²) < 4.78 is 17.2. The van der Waals surface area contributed by atoms with E-state index < -0.39 is 0 Å². The van der Waals surface area contributed by atoms with Crippen molar-refractivity contribution in [3.05, 3.63) is 35.3 Å². The minimum Gasteiger partial charge on any atom is -0.487 e. The molecule has 1 atom stereocenters. The molecule has 0 bridgehead atoms. The van der Waals surface area contributed by atoms with E-state index in [1.807, 2.05) is 18.2 Å². The summed E-state index contributed by atoms with van der Waals surface area (Å²) in [4.78, 5) is 0. The first-order valence-electron chi connectivity index (χ1n) is 5.07. The van der Waals surface area contributed by atoms with Crippen molar-refractivity contribution in [2.75, 3.05) is 19.8 Å². The van der Waals surface area contributed by atoms with Crippen LogP contribution in [0.3, 0.4) is 0 Å². The van der Waals surface area contributed by atoms with Crippen LogP contribution in [0.25, 0.3) is 0 Å². The first-order chi connectivity index (χ1) is 7.79. The maximum absolute atomic E-state index is 5.61. The summed E-state index contributed by atoms with van der Waals surface area (Å²) in [6, 6.07) is 5.68. The second-order valence-electron chi connectivity index (χ2n) is 3.46.